The zero-order valence-corrected chi connectivity index (χ0v) is 14.1. The summed E-state index contributed by atoms with van der Waals surface area (Å²) in [5.74, 6) is -2.24. The van der Waals surface area contributed by atoms with Crippen molar-refractivity contribution in [3.05, 3.63) is 62.6 Å². The molecular weight excluding hydrogens is 396 g/mol. The summed E-state index contributed by atoms with van der Waals surface area (Å²) in [6, 6.07) is 9.90. The first kappa shape index (κ1) is 18.1. The van der Waals surface area contributed by atoms with Crippen molar-refractivity contribution in [1.82, 2.24) is 5.43 Å². The third kappa shape index (κ3) is 5.11. The lowest BCUT2D eigenvalue weighted by Crippen LogP contribution is -2.32. The summed E-state index contributed by atoms with van der Waals surface area (Å²) >= 11 is 3.24. The number of nitro groups is 1. The Morgan fingerprint density at radius 1 is 1.16 bits per heavy atom. The first-order valence-electron chi connectivity index (χ1n) is 6.74. The second kappa shape index (κ2) is 8.02. The zero-order valence-electron chi connectivity index (χ0n) is 12.5. The molecule has 2 amide bonds. The number of nitrogens with one attached hydrogen (secondary N) is 2. The molecule has 0 unspecified atom stereocenters. The number of carbonyl (C=O) groups excluding carboxylic acids is 2. The van der Waals surface area contributed by atoms with Crippen molar-refractivity contribution in [2.75, 3.05) is 5.32 Å². The minimum absolute atomic E-state index is 0.0165. The van der Waals surface area contributed by atoms with Gasteiger partial charge >= 0.3 is 11.8 Å². The van der Waals surface area contributed by atoms with Gasteiger partial charge in [0.05, 0.1) is 11.1 Å². The second-order valence-electron chi connectivity index (χ2n) is 4.66. The van der Waals surface area contributed by atoms with Gasteiger partial charge < -0.3 is 10.4 Å². The minimum Gasteiger partial charge on any atom is -0.507 e. The number of halogens is 1. The van der Waals surface area contributed by atoms with Crippen LogP contribution in [0.15, 0.2) is 52.0 Å². The van der Waals surface area contributed by atoms with E-state index in [4.69, 9.17) is 0 Å². The van der Waals surface area contributed by atoms with Crippen LogP contribution in [0.3, 0.4) is 0 Å². The number of anilines is 1. The lowest BCUT2D eigenvalue weighted by Gasteiger charge is -2.04. The normalized spacial score (nSPS) is 10.4. The molecule has 9 nitrogen and oxygen atoms in total. The molecule has 25 heavy (non-hydrogen) atoms. The van der Waals surface area contributed by atoms with E-state index in [1.165, 1.54) is 0 Å². The van der Waals surface area contributed by atoms with Gasteiger partial charge in [0.15, 0.2) is 0 Å². The Kier molecular flexibility index (Phi) is 5.79. The highest BCUT2D eigenvalue weighted by Gasteiger charge is 2.13. The Bertz CT molecular complexity index is 852. The van der Waals surface area contributed by atoms with Crippen molar-refractivity contribution in [3.63, 3.8) is 0 Å². The van der Waals surface area contributed by atoms with E-state index in [-0.39, 0.29) is 17.0 Å². The topological polar surface area (TPSA) is 134 Å². The van der Waals surface area contributed by atoms with E-state index in [1.807, 2.05) is 5.43 Å². The van der Waals surface area contributed by atoms with Crippen LogP contribution >= 0.6 is 15.9 Å². The molecule has 0 aliphatic heterocycles. The van der Waals surface area contributed by atoms with Crippen LogP contribution in [0.25, 0.3) is 0 Å². The highest BCUT2D eigenvalue weighted by atomic mass is 79.9. The van der Waals surface area contributed by atoms with E-state index in [0.29, 0.717) is 5.69 Å². The highest BCUT2D eigenvalue weighted by Crippen LogP contribution is 2.21. The Labute approximate surface area is 149 Å². The number of rotatable bonds is 4. The van der Waals surface area contributed by atoms with Crippen LogP contribution in [0.4, 0.5) is 11.4 Å². The number of aromatic hydroxyl groups is 1. The summed E-state index contributed by atoms with van der Waals surface area (Å²) in [4.78, 5) is 33.4. The van der Waals surface area contributed by atoms with Crippen molar-refractivity contribution in [1.29, 1.82) is 0 Å². The second-order valence-corrected chi connectivity index (χ2v) is 5.58. The molecule has 0 radical (unpaired) electrons. The highest BCUT2D eigenvalue weighted by molar-refractivity contribution is 9.10. The molecule has 0 saturated heterocycles. The van der Waals surface area contributed by atoms with Crippen molar-refractivity contribution in [2.45, 2.75) is 0 Å². The number of nitrogens with zero attached hydrogens (tertiary/aromatic N) is 2. The largest absolute Gasteiger partial charge is 0.507 e. The molecule has 0 heterocycles. The molecule has 2 aromatic carbocycles. The Balaban J connectivity index is 1.98. The fourth-order valence-electron chi connectivity index (χ4n) is 1.69. The fourth-order valence-corrected chi connectivity index (χ4v) is 1.96. The number of hydrazone groups is 1. The van der Waals surface area contributed by atoms with Crippen molar-refractivity contribution < 1.29 is 19.6 Å². The Morgan fingerprint density at radius 3 is 2.48 bits per heavy atom. The number of nitro benzene ring substituents is 1. The molecule has 0 saturated carbocycles. The van der Waals surface area contributed by atoms with Gasteiger partial charge in [-0.1, -0.05) is 15.9 Å². The molecule has 128 valence electrons. The summed E-state index contributed by atoms with van der Waals surface area (Å²) in [6.07, 6.45) is 0.993. The van der Waals surface area contributed by atoms with E-state index in [0.717, 1.165) is 28.9 Å². The number of hydrogen-bond acceptors (Lipinski definition) is 6. The lowest BCUT2D eigenvalue weighted by molar-refractivity contribution is -0.384. The number of hydrogen-bond donors (Lipinski definition) is 3. The molecule has 0 bridgehead atoms. The van der Waals surface area contributed by atoms with Gasteiger partial charge in [0.2, 0.25) is 0 Å². The first-order chi connectivity index (χ1) is 11.9. The maximum atomic E-state index is 11.7. The first-order valence-corrected chi connectivity index (χ1v) is 7.53. The number of phenolic OH excluding ortho intramolecular Hbond substituents is 1. The lowest BCUT2D eigenvalue weighted by atomic mass is 10.2. The summed E-state index contributed by atoms with van der Waals surface area (Å²) in [6.45, 7) is 0. The van der Waals surface area contributed by atoms with Gasteiger partial charge in [-0.2, -0.15) is 5.10 Å². The molecule has 0 fully saturated rings. The van der Waals surface area contributed by atoms with Gasteiger partial charge in [-0.25, -0.2) is 5.43 Å². The third-order valence-corrected chi connectivity index (χ3v) is 3.43. The molecule has 0 aromatic heterocycles. The quantitative estimate of drug-likeness (QED) is 0.309. The van der Waals surface area contributed by atoms with E-state index in [9.17, 15) is 24.8 Å². The number of benzene rings is 2. The average Bonchev–Trinajstić information content (AvgIpc) is 2.58. The van der Waals surface area contributed by atoms with E-state index >= 15 is 0 Å². The molecule has 2 aromatic rings. The number of amides is 2. The van der Waals surface area contributed by atoms with Crippen molar-refractivity contribution >= 4 is 45.3 Å². The minimum atomic E-state index is -1.04. The molecule has 0 aliphatic rings. The van der Waals surface area contributed by atoms with E-state index < -0.39 is 16.7 Å². The molecular formula is C15H11BrN4O5. The third-order valence-electron chi connectivity index (χ3n) is 2.90. The average molecular weight is 407 g/mol. The van der Waals surface area contributed by atoms with Crippen LogP contribution in [-0.4, -0.2) is 28.1 Å². The number of carbonyl (C=O) groups is 2. The van der Waals surface area contributed by atoms with Crippen molar-refractivity contribution in [3.8, 4) is 5.75 Å². The Hall–Kier alpha value is -3.27. The molecule has 0 atom stereocenters. The zero-order chi connectivity index (χ0) is 18.4. The van der Waals surface area contributed by atoms with Gasteiger partial charge in [0, 0.05) is 27.9 Å². The predicted molar refractivity (Wildman–Crippen MR) is 93.3 cm³/mol. The van der Waals surface area contributed by atoms with Crippen LogP contribution in [0.2, 0.25) is 0 Å². The van der Waals surface area contributed by atoms with Crippen LogP contribution < -0.4 is 10.7 Å². The molecule has 0 spiro atoms. The van der Waals surface area contributed by atoms with Crippen LogP contribution in [0.1, 0.15) is 5.56 Å². The Morgan fingerprint density at radius 2 is 1.84 bits per heavy atom. The summed E-state index contributed by atoms with van der Waals surface area (Å²) in [5, 5.41) is 26.2. The predicted octanol–water partition coefficient (Wildman–Crippen LogP) is 2.15. The number of non-ortho nitro benzene ring substituents is 1. The summed E-state index contributed by atoms with van der Waals surface area (Å²) < 4.78 is 0.816. The van der Waals surface area contributed by atoms with Gasteiger partial charge in [0.1, 0.15) is 5.75 Å². The van der Waals surface area contributed by atoms with Gasteiger partial charge in [0.25, 0.3) is 5.69 Å². The summed E-state index contributed by atoms with van der Waals surface area (Å²) in [5.41, 5.74) is 2.15. The van der Waals surface area contributed by atoms with Crippen LogP contribution in [0, 0.1) is 10.1 Å². The van der Waals surface area contributed by atoms with Gasteiger partial charge in [-0.15, -0.1) is 0 Å². The van der Waals surface area contributed by atoms with Gasteiger partial charge in [-0.3, -0.25) is 19.7 Å². The van der Waals surface area contributed by atoms with Crippen molar-refractivity contribution in [2.24, 2.45) is 5.10 Å². The molecule has 10 heteroatoms. The fraction of sp³-hybridized carbons (Fsp3) is 0. The summed E-state index contributed by atoms with van der Waals surface area (Å²) in [7, 11) is 0. The number of phenols is 1. The molecule has 0 aliphatic carbocycles. The molecule has 2 rings (SSSR count). The van der Waals surface area contributed by atoms with Crippen LogP contribution in [0.5, 0.6) is 5.75 Å². The van der Waals surface area contributed by atoms with E-state index in [2.05, 4.69) is 26.3 Å². The standard InChI is InChI=1S/C15H11BrN4O5/c16-10-1-3-11(4-2-10)18-14(22)15(23)19-17-8-9-7-12(20(24)25)5-6-13(9)21/h1-8,21H,(H,18,22)(H,19,23)/b17-8+. The van der Waals surface area contributed by atoms with E-state index in [1.54, 1.807) is 24.3 Å². The molecule has 3 N–H and O–H groups in total. The maximum absolute atomic E-state index is 11.7. The smallest absolute Gasteiger partial charge is 0.329 e. The van der Waals surface area contributed by atoms with Gasteiger partial charge in [-0.05, 0) is 30.3 Å². The SMILES string of the molecule is O=C(N/N=C/c1cc([N+](=O)[O-])ccc1O)C(=O)Nc1ccc(Br)cc1. The maximum Gasteiger partial charge on any atom is 0.329 e. The monoisotopic (exact) mass is 406 g/mol. The van der Waals surface area contributed by atoms with Crippen LogP contribution in [-0.2, 0) is 9.59 Å².